The van der Waals surface area contributed by atoms with Crippen LogP contribution in [0.25, 0.3) is 0 Å². The lowest BCUT2D eigenvalue weighted by atomic mass is 10.1. The summed E-state index contributed by atoms with van der Waals surface area (Å²) in [4.78, 5) is 46.7. The molecule has 2 amide bonds. The first kappa shape index (κ1) is 18.6. The van der Waals surface area contributed by atoms with Crippen LogP contribution in [0.4, 0.5) is 0 Å². The minimum absolute atomic E-state index is 0.400. The molecule has 1 aromatic rings. The van der Waals surface area contributed by atoms with Gasteiger partial charge in [-0.3, -0.25) is 14.4 Å². The first-order valence-electron chi connectivity index (χ1n) is 8.03. The number of amides is 2. The number of rotatable bonds is 9. The molecule has 8 nitrogen and oxygen atoms in total. The molecule has 0 spiro atoms. The van der Waals surface area contributed by atoms with Crippen LogP contribution in [0.2, 0.25) is 0 Å². The highest BCUT2D eigenvalue weighted by Crippen LogP contribution is 2.33. The van der Waals surface area contributed by atoms with Crippen molar-refractivity contribution in [3.63, 3.8) is 0 Å². The van der Waals surface area contributed by atoms with Crippen molar-refractivity contribution in [2.45, 2.75) is 31.3 Å². The van der Waals surface area contributed by atoms with Gasteiger partial charge in [-0.15, -0.1) is 0 Å². The highest BCUT2D eigenvalue weighted by Gasteiger charge is 2.30. The van der Waals surface area contributed by atoms with Crippen LogP contribution in [0.3, 0.4) is 0 Å². The second-order valence-corrected chi connectivity index (χ2v) is 6.08. The molecule has 0 radical (unpaired) electrons. The number of carbonyl (C=O) groups excluding carboxylic acids is 3. The third-order valence-electron chi connectivity index (χ3n) is 3.94. The largest absolute Gasteiger partial charge is 0.479 e. The third kappa shape index (κ3) is 5.68. The lowest BCUT2D eigenvalue weighted by Gasteiger charge is -2.15. The zero-order chi connectivity index (χ0) is 18.4. The topological polar surface area (TPSA) is 139 Å². The van der Waals surface area contributed by atoms with Gasteiger partial charge in [-0.05, 0) is 17.9 Å². The molecular weight excluding hydrogens is 326 g/mol. The predicted octanol–water partition coefficient (Wildman–Crippen LogP) is -0.259. The Morgan fingerprint density at radius 2 is 1.80 bits per heavy atom. The van der Waals surface area contributed by atoms with Crippen molar-refractivity contribution in [1.29, 1.82) is 0 Å². The van der Waals surface area contributed by atoms with Gasteiger partial charge in [0.2, 0.25) is 11.7 Å². The number of nitrogens with two attached hydrogens (primary N) is 1. The van der Waals surface area contributed by atoms with E-state index < -0.39 is 42.2 Å². The molecule has 1 unspecified atom stereocenters. The summed E-state index contributed by atoms with van der Waals surface area (Å²) in [6.07, 6.45) is 2.50. The van der Waals surface area contributed by atoms with E-state index in [0.717, 1.165) is 12.8 Å². The van der Waals surface area contributed by atoms with Crippen molar-refractivity contribution in [2.75, 3.05) is 6.54 Å². The first-order valence-corrected chi connectivity index (χ1v) is 8.03. The van der Waals surface area contributed by atoms with Gasteiger partial charge in [-0.25, -0.2) is 4.79 Å². The maximum atomic E-state index is 11.9. The molecule has 8 heteroatoms. The van der Waals surface area contributed by atoms with Crippen LogP contribution < -0.4 is 16.4 Å². The van der Waals surface area contributed by atoms with Crippen LogP contribution in [-0.2, 0) is 19.2 Å². The summed E-state index contributed by atoms with van der Waals surface area (Å²) < 4.78 is 0. The molecule has 2 atom stereocenters. The standard InChI is InChI=1S/C17H21N3O5/c18-12(8-10-6-7-10)15(22)16(23)19-9-13(21)20-14(17(24)25)11-4-2-1-3-5-11/h1-5,10,12,14H,6-9,18H2,(H,19,23)(H,20,21)(H,24,25)/t12?,14-/m0/s1. The Bertz CT molecular complexity index is 658. The van der Waals surface area contributed by atoms with E-state index in [2.05, 4.69) is 10.6 Å². The summed E-state index contributed by atoms with van der Waals surface area (Å²) >= 11 is 0. The van der Waals surface area contributed by atoms with Gasteiger partial charge in [0.1, 0.15) is 0 Å². The lowest BCUT2D eigenvalue weighted by Crippen LogP contribution is -2.46. The van der Waals surface area contributed by atoms with E-state index in [4.69, 9.17) is 5.73 Å². The Balaban J connectivity index is 1.83. The van der Waals surface area contributed by atoms with Crippen molar-refractivity contribution in [3.05, 3.63) is 35.9 Å². The molecule has 1 aliphatic carbocycles. The Morgan fingerprint density at radius 1 is 1.16 bits per heavy atom. The Hall–Kier alpha value is -2.74. The highest BCUT2D eigenvalue weighted by atomic mass is 16.4. The van der Waals surface area contributed by atoms with E-state index in [-0.39, 0.29) is 0 Å². The monoisotopic (exact) mass is 347 g/mol. The van der Waals surface area contributed by atoms with E-state index in [9.17, 15) is 24.3 Å². The number of ketones is 1. The van der Waals surface area contributed by atoms with Gasteiger partial charge in [0.05, 0.1) is 12.6 Å². The number of hydrogen-bond donors (Lipinski definition) is 4. The number of carboxylic acid groups (broad SMARTS) is 1. The fourth-order valence-corrected chi connectivity index (χ4v) is 2.38. The normalized spacial score (nSPS) is 15.7. The molecule has 0 bridgehead atoms. The van der Waals surface area contributed by atoms with Crippen molar-refractivity contribution in [1.82, 2.24) is 10.6 Å². The maximum Gasteiger partial charge on any atom is 0.330 e. The number of nitrogens with one attached hydrogen (secondary N) is 2. The number of hydrogen-bond acceptors (Lipinski definition) is 5. The summed E-state index contributed by atoms with van der Waals surface area (Å²) in [5.41, 5.74) is 6.07. The lowest BCUT2D eigenvalue weighted by molar-refractivity contribution is -0.142. The number of carboxylic acids is 1. The quantitative estimate of drug-likeness (QED) is 0.454. The van der Waals surface area contributed by atoms with E-state index in [1.807, 2.05) is 0 Å². The second-order valence-electron chi connectivity index (χ2n) is 6.08. The summed E-state index contributed by atoms with van der Waals surface area (Å²) in [6.45, 7) is -0.503. The van der Waals surface area contributed by atoms with Crippen molar-refractivity contribution < 1.29 is 24.3 Å². The molecule has 2 rings (SSSR count). The summed E-state index contributed by atoms with van der Waals surface area (Å²) in [5, 5.41) is 13.7. The van der Waals surface area contributed by atoms with Crippen LogP contribution in [0.1, 0.15) is 30.9 Å². The average Bonchev–Trinajstić information content (AvgIpc) is 3.41. The van der Waals surface area contributed by atoms with Gasteiger partial charge >= 0.3 is 5.97 Å². The Kier molecular flexibility index (Phi) is 6.24. The van der Waals surface area contributed by atoms with Gasteiger partial charge < -0.3 is 21.5 Å². The average molecular weight is 347 g/mol. The summed E-state index contributed by atoms with van der Waals surface area (Å²) in [6, 6.07) is 6.06. The van der Waals surface area contributed by atoms with Crippen molar-refractivity contribution >= 4 is 23.6 Å². The number of aliphatic carboxylic acids is 1. The smallest absolute Gasteiger partial charge is 0.330 e. The SMILES string of the molecule is NC(CC1CC1)C(=O)C(=O)NCC(=O)N[C@H](C(=O)O)c1ccccc1. The minimum Gasteiger partial charge on any atom is -0.479 e. The number of benzene rings is 1. The zero-order valence-corrected chi connectivity index (χ0v) is 13.6. The van der Waals surface area contributed by atoms with Crippen LogP contribution in [0, 0.1) is 5.92 Å². The Morgan fingerprint density at radius 3 is 2.36 bits per heavy atom. The van der Waals surface area contributed by atoms with E-state index in [0.29, 0.717) is 17.9 Å². The molecule has 0 heterocycles. The van der Waals surface area contributed by atoms with E-state index in [1.165, 1.54) is 0 Å². The molecule has 5 N–H and O–H groups in total. The van der Waals surface area contributed by atoms with Crippen molar-refractivity contribution in [3.8, 4) is 0 Å². The summed E-state index contributed by atoms with van der Waals surface area (Å²) in [5.74, 6) is -3.24. The van der Waals surface area contributed by atoms with Gasteiger partial charge in [0.15, 0.2) is 6.04 Å². The van der Waals surface area contributed by atoms with Gasteiger partial charge in [0.25, 0.3) is 5.91 Å². The van der Waals surface area contributed by atoms with Gasteiger partial charge in [-0.1, -0.05) is 43.2 Å². The van der Waals surface area contributed by atoms with Crippen LogP contribution >= 0.6 is 0 Å². The molecule has 1 fully saturated rings. The molecule has 134 valence electrons. The maximum absolute atomic E-state index is 11.9. The molecule has 0 aliphatic heterocycles. The van der Waals surface area contributed by atoms with Gasteiger partial charge in [0, 0.05) is 0 Å². The molecule has 0 saturated heterocycles. The predicted molar refractivity (Wildman–Crippen MR) is 88.3 cm³/mol. The van der Waals surface area contributed by atoms with Crippen LogP contribution in [-0.4, -0.2) is 41.3 Å². The fourth-order valence-electron chi connectivity index (χ4n) is 2.38. The van der Waals surface area contributed by atoms with Crippen LogP contribution in [0.15, 0.2) is 30.3 Å². The Labute approximate surface area is 144 Å². The molecular formula is C17H21N3O5. The zero-order valence-electron chi connectivity index (χ0n) is 13.6. The second kappa shape index (κ2) is 8.39. The van der Waals surface area contributed by atoms with Crippen molar-refractivity contribution in [2.24, 2.45) is 11.7 Å². The van der Waals surface area contributed by atoms with Gasteiger partial charge in [-0.2, -0.15) is 0 Å². The molecule has 25 heavy (non-hydrogen) atoms. The number of Topliss-reactive ketones (excluding diaryl/α,β-unsaturated/α-hetero) is 1. The molecule has 1 saturated carbocycles. The molecule has 0 aromatic heterocycles. The number of carbonyl (C=O) groups is 4. The summed E-state index contributed by atoms with van der Waals surface area (Å²) in [7, 11) is 0. The first-order chi connectivity index (χ1) is 11.9. The highest BCUT2D eigenvalue weighted by molar-refractivity contribution is 6.38. The fraction of sp³-hybridized carbons (Fsp3) is 0.412. The minimum atomic E-state index is -1.24. The molecule has 1 aromatic carbocycles. The third-order valence-corrected chi connectivity index (χ3v) is 3.94. The van der Waals surface area contributed by atoms with E-state index >= 15 is 0 Å². The van der Waals surface area contributed by atoms with E-state index in [1.54, 1.807) is 30.3 Å². The molecule has 1 aliphatic rings. The van der Waals surface area contributed by atoms with Crippen LogP contribution in [0.5, 0.6) is 0 Å².